The summed E-state index contributed by atoms with van der Waals surface area (Å²) in [5.74, 6) is 0.135. The van der Waals surface area contributed by atoms with E-state index in [-0.39, 0.29) is 16.5 Å². The summed E-state index contributed by atoms with van der Waals surface area (Å²) in [7, 11) is 0. The van der Waals surface area contributed by atoms with Crippen molar-refractivity contribution in [3.05, 3.63) is 64.6 Å². The first-order chi connectivity index (χ1) is 15.3. The van der Waals surface area contributed by atoms with E-state index in [9.17, 15) is 9.59 Å². The van der Waals surface area contributed by atoms with Crippen LogP contribution in [0.4, 0.5) is 5.82 Å². The number of H-pyrrole nitrogens is 1. The fraction of sp³-hybridized carbons (Fsp3) is 0.280. The van der Waals surface area contributed by atoms with E-state index < -0.39 is 5.91 Å². The van der Waals surface area contributed by atoms with Crippen LogP contribution in [-0.4, -0.2) is 33.9 Å². The highest BCUT2D eigenvalue weighted by molar-refractivity contribution is 6.04. The van der Waals surface area contributed by atoms with Gasteiger partial charge in [-0.25, -0.2) is 4.98 Å². The summed E-state index contributed by atoms with van der Waals surface area (Å²) < 4.78 is 0. The van der Waals surface area contributed by atoms with Crippen molar-refractivity contribution >= 4 is 33.5 Å². The maximum absolute atomic E-state index is 13.0. The Kier molecular flexibility index (Phi) is 4.69. The Morgan fingerprint density at radius 3 is 2.62 bits per heavy atom. The Bertz CT molecular complexity index is 1410. The van der Waals surface area contributed by atoms with Crippen LogP contribution in [0.2, 0.25) is 0 Å². The third-order valence-corrected chi connectivity index (χ3v) is 6.39. The summed E-state index contributed by atoms with van der Waals surface area (Å²) in [6, 6.07) is 13.3. The zero-order valence-electron chi connectivity index (χ0n) is 18.2. The number of amides is 1. The lowest BCUT2D eigenvalue weighted by molar-refractivity contribution is 0.0997. The summed E-state index contributed by atoms with van der Waals surface area (Å²) in [4.78, 5) is 39.4. The van der Waals surface area contributed by atoms with Crippen LogP contribution in [0.1, 0.15) is 37.2 Å². The Morgan fingerprint density at radius 2 is 1.88 bits per heavy atom. The van der Waals surface area contributed by atoms with Crippen LogP contribution in [0, 0.1) is 5.41 Å². The van der Waals surface area contributed by atoms with Gasteiger partial charge >= 0.3 is 0 Å². The standard InChI is InChI=1S/C25H25N5O2/c1-25(2)8-11-30(12-9-25)24-16(13-15-5-3-4-6-17(15)29-24)19-14-20(31)21-18(28-19)7-10-27-22(21)23(26)32/h3-7,10,13-14H,8-9,11-12H2,1-2H3,(H2,26,32)(H,28,31). The lowest BCUT2D eigenvalue weighted by Gasteiger charge is -2.38. The predicted octanol–water partition coefficient (Wildman–Crippen LogP) is 3.86. The van der Waals surface area contributed by atoms with E-state index in [1.54, 1.807) is 6.07 Å². The van der Waals surface area contributed by atoms with Crippen molar-refractivity contribution in [2.45, 2.75) is 26.7 Å². The first-order valence-electron chi connectivity index (χ1n) is 10.8. The van der Waals surface area contributed by atoms with Gasteiger partial charge in [0.1, 0.15) is 11.5 Å². The largest absolute Gasteiger partial charge is 0.364 e. The van der Waals surface area contributed by atoms with Crippen molar-refractivity contribution < 1.29 is 4.79 Å². The summed E-state index contributed by atoms with van der Waals surface area (Å²) in [5, 5.41) is 1.20. The van der Waals surface area contributed by atoms with Gasteiger partial charge in [-0.05, 0) is 36.5 Å². The van der Waals surface area contributed by atoms with Crippen molar-refractivity contribution in [1.29, 1.82) is 0 Å². The average Bonchev–Trinajstić information content (AvgIpc) is 2.77. The van der Waals surface area contributed by atoms with E-state index >= 15 is 0 Å². The number of nitrogens with one attached hydrogen (secondary N) is 1. The molecule has 1 amide bonds. The second-order valence-corrected chi connectivity index (χ2v) is 9.20. The number of aromatic nitrogens is 3. The van der Waals surface area contributed by atoms with Crippen molar-refractivity contribution in [3.8, 4) is 11.3 Å². The molecule has 1 saturated heterocycles. The van der Waals surface area contributed by atoms with E-state index in [2.05, 4.69) is 34.8 Å². The highest BCUT2D eigenvalue weighted by atomic mass is 16.1. The van der Waals surface area contributed by atoms with Crippen molar-refractivity contribution in [1.82, 2.24) is 15.0 Å². The molecule has 32 heavy (non-hydrogen) atoms. The number of benzene rings is 1. The number of rotatable bonds is 3. The second kappa shape index (κ2) is 7.44. The first kappa shape index (κ1) is 20.2. The van der Waals surface area contributed by atoms with Crippen molar-refractivity contribution in [2.24, 2.45) is 11.1 Å². The minimum Gasteiger partial charge on any atom is -0.364 e. The number of hydrogen-bond acceptors (Lipinski definition) is 5. The van der Waals surface area contributed by atoms with Crippen LogP contribution in [0.3, 0.4) is 0 Å². The quantitative estimate of drug-likeness (QED) is 0.516. The molecule has 3 N–H and O–H groups in total. The van der Waals surface area contributed by atoms with Gasteiger partial charge in [0, 0.05) is 36.3 Å². The highest BCUT2D eigenvalue weighted by Gasteiger charge is 2.28. The van der Waals surface area contributed by atoms with Gasteiger partial charge in [0.15, 0.2) is 5.43 Å². The molecule has 1 aliphatic heterocycles. The van der Waals surface area contributed by atoms with Gasteiger partial charge in [-0.15, -0.1) is 0 Å². The molecule has 4 heterocycles. The van der Waals surface area contributed by atoms with E-state index in [4.69, 9.17) is 10.7 Å². The molecule has 0 saturated carbocycles. The van der Waals surface area contributed by atoms with Crippen molar-refractivity contribution in [2.75, 3.05) is 18.0 Å². The summed E-state index contributed by atoms with van der Waals surface area (Å²) in [5.41, 5.74) is 8.38. The zero-order chi connectivity index (χ0) is 22.5. The van der Waals surface area contributed by atoms with E-state index in [0.717, 1.165) is 48.2 Å². The maximum atomic E-state index is 13.0. The van der Waals surface area contributed by atoms with Gasteiger partial charge in [-0.1, -0.05) is 32.0 Å². The smallest absolute Gasteiger partial charge is 0.268 e. The fourth-order valence-corrected chi connectivity index (χ4v) is 4.40. The average molecular weight is 428 g/mol. The van der Waals surface area contributed by atoms with Gasteiger partial charge < -0.3 is 15.6 Å². The van der Waals surface area contributed by atoms with Gasteiger partial charge in [0.05, 0.1) is 22.1 Å². The van der Waals surface area contributed by atoms with Crippen LogP contribution in [0.5, 0.6) is 0 Å². The third-order valence-electron chi connectivity index (χ3n) is 6.39. The third kappa shape index (κ3) is 3.49. The normalized spacial score (nSPS) is 15.9. The Balaban J connectivity index is 1.72. The number of nitrogens with two attached hydrogens (primary N) is 1. The van der Waals surface area contributed by atoms with Crippen molar-refractivity contribution in [3.63, 3.8) is 0 Å². The van der Waals surface area contributed by atoms with E-state index in [1.807, 2.05) is 24.3 Å². The van der Waals surface area contributed by atoms with E-state index in [0.29, 0.717) is 16.6 Å². The molecule has 7 nitrogen and oxygen atoms in total. The van der Waals surface area contributed by atoms with Crippen LogP contribution in [0.25, 0.3) is 33.1 Å². The molecular formula is C25H25N5O2. The molecule has 1 fully saturated rings. The molecule has 0 atom stereocenters. The fourth-order valence-electron chi connectivity index (χ4n) is 4.40. The summed E-state index contributed by atoms with van der Waals surface area (Å²) in [6.45, 7) is 6.40. The van der Waals surface area contributed by atoms with Gasteiger partial charge in [0.2, 0.25) is 0 Å². The number of hydrogen-bond donors (Lipinski definition) is 2. The zero-order valence-corrected chi connectivity index (χ0v) is 18.2. The monoisotopic (exact) mass is 427 g/mol. The van der Waals surface area contributed by atoms with E-state index in [1.165, 1.54) is 12.3 Å². The van der Waals surface area contributed by atoms with Gasteiger partial charge in [-0.2, -0.15) is 0 Å². The SMILES string of the molecule is CC1(C)CCN(c2nc3ccccc3cc2-c2cc(=O)c3c(C(N)=O)nccc3[nH]2)CC1. The second-order valence-electron chi connectivity index (χ2n) is 9.20. The molecule has 0 radical (unpaired) electrons. The summed E-state index contributed by atoms with van der Waals surface area (Å²) in [6.07, 6.45) is 3.63. The molecule has 7 heteroatoms. The Morgan fingerprint density at radius 1 is 1.12 bits per heavy atom. The summed E-state index contributed by atoms with van der Waals surface area (Å²) >= 11 is 0. The minimum absolute atomic E-state index is 0.0228. The van der Waals surface area contributed by atoms with Gasteiger partial charge in [0.25, 0.3) is 5.91 Å². The maximum Gasteiger partial charge on any atom is 0.268 e. The molecule has 1 aromatic carbocycles. The predicted molar refractivity (Wildman–Crippen MR) is 127 cm³/mol. The Labute approximate surface area is 185 Å². The molecule has 1 aliphatic rings. The number of nitrogens with zero attached hydrogens (tertiary/aromatic N) is 3. The molecule has 0 aliphatic carbocycles. The molecule has 162 valence electrons. The van der Waals surface area contributed by atoms with Crippen LogP contribution in [-0.2, 0) is 0 Å². The number of anilines is 1. The molecular weight excluding hydrogens is 402 g/mol. The number of carbonyl (C=O) groups excluding carboxylic acids is 1. The topological polar surface area (TPSA) is 105 Å². The Hall–Kier alpha value is -3.74. The number of para-hydroxylation sites is 1. The van der Waals surface area contributed by atoms with Crippen LogP contribution >= 0.6 is 0 Å². The highest BCUT2D eigenvalue weighted by Crippen LogP contribution is 2.37. The number of piperidine rings is 1. The molecule has 0 spiro atoms. The minimum atomic E-state index is -0.724. The molecule has 3 aromatic heterocycles. The number of primary amides is 1. The molecule has 0 unspecified atom stereocenters. The first-order valence-corrected chi connectivity index (χ1v) is 10.8. The lowest BCUT2D eigenvalue weighted by atomic mass is 9.82. The molecule has 0 bridgehead atoms. The lowest BCUT2D eigenvalue weighted by Crippen LogP contribution is -2.38. The molecule has 5 rings (SSSR count). The van der Waals surface area contributed by atoms with Gasteiger partial charge in [-0.3, -0.25) is 14.6 Å². The van der Waals surface area contributed by atoms with Crippen LogP contribution in [0.15, 0.2) is 53.5 Å². The van der Waals surface area contributed by atoms with Crippen LogP contribution < -0.4 is 16.1 Å². The molecule has 4 aromatic rings. The number of carbonyl (C=O) groups is 1. The number of aromatic amines is 1. The number of pyridine rings is 3. The number of fused-ring (bicyclic) bond motifs is 2.